The summed E-state index contributed by atoms with van der Waals surface area (Å²) in [5.74, 6) is 0.491. The van der Waals surface area contributed by atoms with E-state index >= 15 is 0 Å². The van der Waals surface area contributed by atoms with Gasteiger partial charge in [-0.1, -0.05) is 13.0 Å². The predicted molar refractivity (Wildman–Crippen MR) is 77.4 cm³/mol. The number of anilines is 2. The molecule has 1 unspecified atom stereocenters. The third kappa shape index (κ3) is 3.46. The second-order valence-corrected chi connectivity index (χ2v) is 4.97. The third-order valence-corrected chi connectivity index (χ3v) is 3.53. The van der Waals surface area contributed by atoms with Gasteiger partial charge < -0.3 is 15.7 Å². The maximum absolute atomic E-state index is 11.1. The van der Waals surface area contributed by atoms with Gasteiger partial charge in [-0.25, -0.2) is 9.78 Å². The first-order valence-corrected chi connectivity index (χ1v) is 6.87. The minimum atomic E-state index is -0.823. The van der Waals surface area contributed by atoms with Gasteiger partial charge in [-0.05, 0) is 31.2 Å². The van der Waals surface area contributed by atoms with Crippen molar-refractivity contribution in [2.75, 3.05) is 23.7 Å². The van der Waals surface area contributed by atoms with Crippen molar-refractivity contribution in [2.24, 2.45) is 5.92 Å². The number of rotatable bonds is 4. The van der Waals surface area contributed by atoms with Crippen LogP contribution in [0.3, 0.4) is 0 Å². The van der Waals surface area contributed by atoms with Gasteiger partial charge in [0.05, 0.1) is 0 Å². The molecule has 2 rings (SSSR count). The molecule has 6 heteroatoms. The Morgan fingerprint density at radius 1 is 1.65 bits per heavy atom. The molecule has 6 nitrogen and oxygen atoms in total. The number of nitrogens with zero attached hydrogens (tertiary/aromatic N) is 3. The number of hydrogen-bond donors (Lipinski definition) is 2. The van der Waals surface area contributed by atoms with Crippen molar-refractivity contribution in [3.8, 4) is 0 Å². The first kappa shape index (κ1) is 14.3. The van der Waals surface area contributed by atoms with Gasteiger partial charge in [-0.15, -0.1) is 0 Å². The van der Waals surface area contributed by atoms with Crippen LogP contribution in [0.25, 0.3) is 0 Å². The van der Waals surface area contributed by atoms with Crippen LogP contribution in [0.1, 0.15) is 26.2 Å². The van der Waals surface area contributed by atoms with Gasteiger partial charge in [-0.2, -0.15) is 4.98 Å². The van der Waals surface area contributed by atoms with Crippen LogP contribution >= 0.6 is 0 Å². The quantitative estimate of drug-likeness (QED) is 0.813. The van der Waals surface area contributed by atoms with Crippen LogP contribution in [0.5, 0.6) is 0 Å². The molecule has 0 radical (unpaired) electrons. The summed E-state index contributed by atoms with van der Waals surface area (Å²) in [6.45, 7) is 3.55. The predicted octanol–water partition coefficient (Wildman–Crippen LogP) is 1.70. The first-order valence-electron chi connectivity index (χ1n) is 6.87. The van der Waals surface area contributed by atoms with Gasteiger partial charge in [0.2, 0.25) is 5.95 Å². The smallest absolute Gasteiger partial charge is 0.331 e. The number of nitrogens with two attached hydrogens (primary N) is 1. The van der Waals surface area contributed by atoms with E-state index in [2.05, 4.69) is 14.9 Å². The average molecular weight is 276 g/mol. The maximum Gasteiger partial charge on any atom is 0.331 e. The van der Waals surface area contributed by atoms with Crippen molar-refractivity contribution in [1.82, 2.24) is 9.97 Å². The van der Waals surface area contributed by atoms with Gasteiger partial charge in [0.1, 0.15) is 5.82 Å². The van der Waals surface area contributed by atoms with E-state index in [0.29, 0.717) is 12.0 Å². The van der Waals surface area contributed by atoms with E-state index in [1.54, 1.807) is 6.20 Å². The molecule has 0 aliphatic carbocycles. The zero-order valence-electron chi connectivity index (χ0n) is 11.6. The fourth-order valence-corrected chi connectivity index (χ4v) is 2.52. The SMILES string of the molecule is CC/C(=C\C1CCCN(c2ccnc(N)n2)C1)C(=O)O. The van der Waals surface area contributed by atoms with Crippen LogP contribution in [0.4, 0.5) is 11.8 Å². The highest BCUT2D eigenvalue weighted by molar-refractivity contribution is 5.86. The van der Waals surface area contributed by atoms with E-state index < -0.39 is 5.97 Å². The van der Waals surface area contributed by atoms with Gasteiger partial charge in [0, 0.05) is 24.9 Å². The topological polar surface area (TPSA) is 92.3 Å². The third-order valence-electron chi connectivity index (χ3n) is 3.53. The lowest BCUT2D eigenvalue weighted by molar-refractivity contribution is -0.132. The van der Waals surface area contributed by atoms with E-state index in [4.69, 9.17) is 10.8 Å². The Balaban J connectivity index is 2.11. The normalized spacial score (nSPS) is 19.9. The second-order valence-electron chi connectivity index (χ2n) is 4.97. The minimum Gasteiger partial charge on any atom is -0.478 e. The zero-order valence-corrected chi connectivity index (χ0v) is 11.6. The van der Waals surface area contributed by atoms with Crippen molar-refractivity contribution in [2.45, 2.75) is 26.2 Å². The Kier molecular flexibility index (Phi) is 4.55. The molecule has 0 aromatic carbocycles. The minimum absolute atomic E-state index is 0.242. The van der Waals surface area contributed by atoms with Crippen LogP contribution in [-0.4, -0.2) is 34.1 Å². The van der Waals surface area contributed by atoms with Crippen molar-refractivity contribution in [3.05, 3.63) is 23.9 Å². The molecule has 0 spiro atoms. The molecule has 1 atom stereocenters. The fourth-order valence-electron chi connectivity index (χ4n) is 2.52. The summed E-state index contributed by atoms with van der Waals surface area (Å²) < 4.78 is 0. The average Bonchev–Trinajstić information content (AvgIpc) is 2.45. The molecule has 1 aliphatic heterocycles. The fraction of sp³-hybridized carbons (Fsp3) is 0.500. The zero-order chi connectivity index (χ0) is 14.5. The molecule has 0 saturated carbocycles. The van der Waals surface area contributed by atoms with Gasteiger partial charge in [0.15, 0.2) is 0 Å². The molecular weight excluding hydrogens is 256 g/mol. The highest BCUT2D eigenvalue weighted by Crippen LogP contribution is 2.24. The lowest BCUT2D eigenvalue weighted by atomic mass is 9.95. The van der Waals surface area contributed by atoms with Crippen LogP contribution in [-0.2, 0) is 4.79 Å². The second kappa shape index (κ2) is 6.36. The van der Waals surface area contributed by atoms with Crippen LogP contribution in [0, 0.1) is 5.92 Å². The Hall–Kier alpha value is -2.11. The molecule has 1 fully saturated rings. The van der Waals surface area contributed by atoms with E-state index in [0.717, 1.165) is 31.7 Å². The lowest BCUT2D eigenvalue weighted by Gasteiger charge is -2.32. The number of carboxylic acids is 1. The van der Waals surface area contributed by atoms with Gasteiger partial charge in [-0.3, -0.25) is 0 Å². The largest absolute Gasteiger partial charge is 0.478 e. The summed E-state index contributed by atoms with van der Waals surface area (Å²) in [6.07, 6.45) is 6.10. The number of piperidine rings is 1. The molecular formula is C14H20N4O2. The summed E-state index contributed by atoms with van der Waals surface area (Å²) in [6, 6.07) is 1.83. The number of nitrogen functional groups attached to an aromatic ring is 1. The molecule has 3 N–H and O–H groups in total. The van der Waals surface area contributed by atoms with Crippen molar-refractivity contribution >= 4 is 17.7 Å². The van der Waals surface area contributed by atoms with Crippen LogP contribution in [0.15, 0.2) is 23.9 Å². The number of aliphatic carboxylic acids is 1. The maximum atomic E-state index is 11.1. The van der Waals surface area contributed by atoms with E-state index in [1.807, 2.05) is 19.1 Å². The molecule has 0 amide bonds. The summed E-state index contributed by atoms with van der Waals surface area (Å²) in [5.41, 5.74) is 6.09. The molecule has 1 aromatic rings. The Morgan fingerprint density at radius 3 is 3.10 bits per heavy atom. The molecule has 108 valence electrons. The Bertz CT molecular complexity index is 516. The van der Waals surface area contributed by atoms with E-state index in [-0.39, 0.29) is 11.9 Å². The van der Waals surface area contributed by atoms with E-state index in [9.17, 15) is 4.79 Å². The summed E-state index contributed by atoms with van der Waals surface area (Å²) >= 11 is 0. The monoisotopic (exact) mass is 276 g/mol. The Labute approximate surface area is 118 Å². The highest BCUT2D eigenvalue weighted by Gasteiger charge is 2.21. The summed E-state index contributed by atoms with van der Waals surface area (Å²) in [5, 5.41) is 9.10. The molecule has 1 aromatic heterocycles. The molecule has 1 saturated heterocycles. The molecule has 1 aliphatic rings. The van der Waals surface area contributed by atoms with Crippen molar-refractivity contribution in [1.29, 1.82) is 0 Å². The number of hydrogen-bond acceptors (Lipinski definition) is 5. The highest BCUT2D eigenvalue weighted by atomic mass is 16.4. The number of aromatic nitrogens is 2. The van der Waals surface area contributed by atoms with Gasteiger partial charge in [0.25, 0.3) is 0 Å². The van der Waals surface area contributed by atoms with E-state index in [1.165, 1.54) is 0 Å². The summed E-state index contributed by atoms with van der Waals surface area (Å²) in [4.78, 5) is 21.3. The Morgan fingerprint density at radius 2 is 2.45 bits per heavy atom. The lowest BCUT2D eigenvalue weighted by Crippen LogP contribution is -2.35. The van der Waals surface area contributed by atoms with Crippen molar-refractivity contribution < 1.29 is 9.90 Å². The first-order chi connectivity index (χ1) is 9.60. The standard InChI is InChI=1S/C14H20N4O2/c1-2-11(13(19)20)8-10-4-3-7-18(9-10)12-5-6-16-14(15)17-12/h5-6,8,10H,2-4,7,9H2,1H3,(H,19,20)(H2,15,16,17)/b11-8+. The number of carboxylic acid groups (broad SMARTS) is 1. The van der Waals surface area contributed by atoms with Gasteiger partial charge >= 0.3 is 5.97 Å². The van der Waals surface area contributed by atoms with Crippen LogP contribution < -0.4 is 10.6 Å². The molecule has 0 bridgehead atoms. The molecule has 2 heterocycles. The number of carbonyl (C=O) groups is 1. The van der Waals surface area contributed by atoms with Crippen LogP contribution in [0.2, 0.25) is 0 Å². The summed E-state index contributed by atoms with van der Waals surface area (Å²) in [7, 11) is 0. The molecule has 20 heavy (non-hydrogen) atoms. The van der Waals surface area contributed by atoms with Crippen molar-refractivity contribution in [3.63, 3.8) is 0 Å².